The summed E-state index contributed by atoms with van der Waals surface area (Å²) in [6.07, 6.45) is 2.65. The molecule has 0 fully saturated rings. The van der Waals surface area contributed by atoms with Crippen molar-refractivity contribution in [2.45, 2.75) is 6.92 Å². The van der Waals surface area contributed by atoms with Crippen LogP contribution in [0.3, 0.4) is 0 Å². The van der Waals surface area contributed by atoms with Crippen molar-refractivity contribution in [1.82, 2.24) is 9.66 Å². The molecule has 0 aliphatic rings. The zero-order chi connectivity index (χ0) is 14.9. The number of nitro benzene ring substituents is 1. The Kier molecular flexibility index (Phi) is 3.57. The second-order valence-electron chi connectivity index (χ2n) is 3.92. The summed E-state index contributed by atoms with van der Waals surface area (Å²) in [6.45, 7) is 1.72. The van der Waals surface area contributed by atoms with Crippen LogP contribution in [0.1, 0.15) is 11.3 Å². The van der Waals surface area contributed by atoms with Crippen LogP contribution < -0.4 is 5.73 Å². The van der Waals surface area contributed by atoms with Crippen LogP contribution in [0.4, 0.5) is 11.6 Å². The average molecular weight is 296 g/mol. The van der Waals surface area contributed by atoms with Gasteiger partial charge in [-0.05, 0) is 19.1 Å². The van der Waals surface area contributed by atoms with Crippen molar-refractivity contribution in [3.05, 3.63) is 44.7 Å². The Morgan fingerprint density at radius 3 is 2.85 bits per heavy atom. The fourth-order valence-corrected chi connectivity index (χ4v) is 1.83. The molecule has 3 N–H and O–H groups in total. The van der Waals surface area contributed by atoms with Gasteiger partial charge in [-0.1, -0.05) is 11.6 Å². The molecule has 0 saturated carbocycles. The van der Waals surface area contributed by atoms with Crippen molar-refractivity contribution in [3.8, 4) is 5.75 Å². The molecule has 0 atom stereocenters. The normalized spacial score (nSPS) is 11.1. The number of aromatic nitrogens is 2. The number of nitrogens with zero attached hydrogens (tertiary/aromatic N) is 4. The quantitative estimate of drug-likeness (QED) is 0.509. The van der Waals surface area contributed by atoms with Gasteiger partial charge in [0.1, 0.15) is 16.3 Å². The fourth-order valence-electron chi connectivity index (χ4n) is 1.60. The van der Waals surface area contributed by atoms with Crippen molar-refractivity contribution < 1.29 is 10.0 Å². The molecule has 20 heavy (non-hydrogen) atoms. The minimum atomic E-state index is -0.689. The summed E-state index contributed by atoms with van der Waals surface area (Å²) in [5, 5.41) is 24.5. The molecule has 0 unspecified atom stereocenters. The summed E-state index contributed by atoms with van der Waals surface area (Å²) < 4.78 is 1.24. The number of anilines is 1. The molecule has 0 aliphatic heterocycles. The lowest BCUT2D eigenvalue weighted by molar-refractivity contribution is -0.384. The van der Waals surface area contributed by atoms with Gasteiger partial charge in [0.15, 0.2) is 0 Å². The molecule has 1 heterocycles. The number of hydrogen-bond acceptors (Lipinski definition) is 6. The smallest absolute Gasteiger partial charge is 0.300 e. The maximum Gasteiger partial charge on any atom is 0.300 e. The molecule has 9 heteroatoms. The number of rotatable bonds is 3. The van der Waals surface area contributed by atoms with Crippen molar-refractivity contribution in [2.24, 2.45) is 5.10 Å². The molecule has 0 bridgehead atoms. The van der Waals surface area contributed by atoms with E-state index in [1.54, 1.807) is 13.1 Å². The van der Waals surface area contributed by atoms with E-state index in [1.165, 1.54) is 16.8 Å². The van der Waals surface area contributed by atoms with E-state index in [0.717, 1.165) is 6.21 Å². The highest BCUT2D eigenvalue weighted by Gasteiger charge is 2.21. The largest absolute Gasteiger partial charge is 0.507 e. The van der Waals surface area contributed by atoms with Crippen LogP contribution in [0, 0.1) is 17.0 Å². The Labute approximate surface area is 118 Å². The third-order valence-corrected chi connectivity index (χ3v) is 2.78. The molecule has 2 aromatic rings. The first-order valence-corrected chi connectivity index (χ1v) is 5.79. The van der Waals surface area contributed by atoms with Gasteiger partial charge < -0.3 is 10.8 Å². The number of phenols is 1. The van der Waals surface area contributed by atoms with Crippen molar-refractivity contribution in [2.75, 3.05) is 5.73 Å². The van der Waals surface area contributed by atoms with Crippen LogP contribution in [0.25, 0.3) is 0 Å². The maximum atomic E-state index is 11.0. The Hall–Kier alpha value is -2.61. The second-order valence-corrected chi connectivity index (χ2v) is 4.32. The molecule has 1 aromatic carbocycles. The highest BCUT2D eigenvalue weighted by molar-refractivity contribution is 6.33. The Morgan fingerprint density at radius 1 is 1.60 bits per heavy atom. The lowest BCUT2D eigenvalue weighted by Gasteiger charge is -2.02. The SMILES string of the molecule is Cc1cn(N=Cc2c(O)ccc(Cl)c2[N+](=O)[O-])c(N)n1. The number of phenolic OH excluding ortho intramolecular Hbond substituents is 1. The Balaban J connectivity index is 2.51. The Morgan fingerprint density at radius 2 is 2.30 bits per heavy atom. The topological polar surface area (TPSA) is 120 Å². The van der Waals surface area contributed by atoms with Gasteiger partial charge in [0.05, 0.1) is 23.0 Å². The summed E-state index contributed by atoms with van der Waals surface area (Å²) >= 11 is 5.76. The average Bonchev–Trinajstić information content (AvgIpc) is 2.68. The number of aryl methyl sites for hydroxylation is 1. The first kappa shape index (κ1) is 13.8. The van der Waals surface area contributed by atoms with E-state index < -0.39 is 10.6 Å². The number of benzene rings is 1. The van der Waals surface area contributed by atoms with Crippen LogP contribution in [0.15, 0.2) is 23.4 Å². The van der Waals surface area contributed by atoms with E-state index >= 15 is 0 Å². The molecule has 0 spiro atoms. The minimum absolute atomic E-state index is 0.0935. The lowest BCUT2D eigenvalue weighted by Crippen LogP contribution is -2.00. The standard InChI is InChI=1S/C11H10ClN5O3/c1-6-5-16(11(13)15-6)14-4-7-9(18)3-2-8(12)10(7)17(19)20/h2-5,18H,1H3,(H2,13,15). The van der Waals surface area contributed by atoms with E-state index in [0.29, 0.717) is 5.69 Å². The lowest BCUT2D eigenvalue weighted by atomic mass is 10.2. The predicted molar refractivity (Wildman–Crippen MR) is 74.1 cm³/mol. The number of imidazole rings is 1. The van der Waals surface area contributed by atoms with Gasteiger partial charge in [0.2, 0.25) is 5.95 Å². The zero-order valence-corrected chi connectivity index (χ0v) is 11.1. The van der Waals surface area contributed by atoms with E-state index in [9.17, 15) is 15.2 Å². The van der Waals surface area contributed by atoms with Gasteiger partial charge in [-0.25, -0.2) is 9.66 Å². The van der Waals surface area contributed by atoms with Crippen molar-refractivity contribution in [3.63, 3.8) is 0 Å². The van der Waals surface area contributed by atoms with E-state index in [2.05, 4.69) is 10.1 Å². The van der Waals surface area contributed by atoms with E-state index in [4.69, 9.17) is 17.3 Å². The first-order valence-electron chi connectivity index (χ1n) is 5.42. The third kappa shape index (κ3) is 2.54. The van der Waals surface area contributed by atoms with Crippen LogP contribution in [-0.4, -0.2) is 25.9 Å². The van der Waals surface area contributed by atoms with Gasteiger partial charge in [0, 0.05) is 0 Å². The van der Waals surface area contributed by atoms with Gasteiger partial charge >= 0.3 is 0 Å². The number of halogens is 1. The fraction of sp³-hybridized carbons (Fsp3) is 0.0909. The number of aromatic hydroxyl groups is 1. The summed E-state index contributed by atoms with van der Waals surface area (Å²) in [6, 6.07) is 2.49. The van der Waals surface area contributed by atoms with Crippen LogP contribution in [0.5, 0.6) is 5.75 Å². The molecule has 0 aliphatic carbocycles. The summed E-state index contributed by atoms with van der Waals surface area (Å²) in [5.41, 5.74) is 5.70. The van der Waals surface area contributed by atoms with E-state index in [1.807, 2.05) is 0 Å². The molecular formula is C11H10ClN5O3. The van der Waals surface area contributed by atoms with Gasteiger partial charge in [-0.3, -0.25) is 10.1 Å². The number of hydrogen-bond donors (Lipinski definition) is 2. The minimum Gasteiger partial charge on any atom is -0.507 e. The van der Waals surface area contributed by atoms with Gasteiger partial charge in [-0.15, -0.1) is 0 Å². The molecule has 0 radical (unpaired) electrons. The number of nitro groups is 1. The van der Waals surface area contributed by atoms with E-state index in [-0.39, 0.29) is 22.3 Å². The van der Waals surface area contributed by atoms with Crippen LogP contribution in [0.2, 0.25) is 5.02 Å². The van der Waals surface area contributed by atoms with Crippen LogP contribution >= 0.6 is 11.6 Å². The molecule has 2 rings (SSSR count). The second kappa shape index (κ2) is 5.17. The molecule has 104 valence electrons. The molecule has 8 nitrogen and oxygen atoms in total. The molecule has 0 amide bonds. The monoisotopic (exact) mass is 295 g/mol. The molecule has 1 aromatic heterocycles. The summed E-state index contributed by atoms with van der Waals surface area (Å²) in [5.74, 6) is -0.178. The maximum absolute atomic E-state index is 11.0. The van der Waals surface area contributed by atoms with Crippen LogP contribution in [-0.2, 0) is 0 Å². The summed E-state index contributed by atoms with van der Waals surface area (Å²) in [7, 11) is 0. The van der Waals surface area contributed by atoms with Crippen molar-refractivity contribution >= 4 is 29.5 Å². The highest BCUT2D eigenvalue weighted by atomic mass is 35.5. The third-order valence-electron chi connectivity index (χ3n) is 2.47. The zero-order valence-electron chi connectivity index (χ0n) is 10.3. The molecule has 0 saturated heterocycles. The van der Waals surface area contributed by atoms with Gasteiger partial charge in [-0.2, -0.15) is 5.10 Å². The Bertz CT molecular complexity index is 710. The van der Waals surface area contributed by atoms with Crippen molar-refractivity contribution in [1.29, 1.82) is 0 Å². The number of nitrogen functional groups attached to an aromatic ring is 1. The number of nitrogens with two attached hydrogens (primary N) is 1. The molecular weight excluding hydrogens is 286 g/mol. The highest BCUT2D eigenvalue weighted by Crippen LogP contribution is 2.33. The summed E-state index contributed by atoms with van der Waals surface area (Å²) in [4.78, 5) is 14.2. The predicted octanol–water partition coefficient (Wildman–Crippen LogP) is 1.92. The van der Waals surface area contributed by atoms with Gasteiger partial charge in [0.25, 0.3) is 5.69 Å². The first-order chi connectivity index (χ1) is 9.40.